The van der Waals surface area contributed by atoms with Gasteiger partial charge in [0.25, 0.3) is 0 Å². The maximum atomic E-state index is 13.0. The van der Waals surface area contributed by atoms with Crippen molar-refractivity contribution in [3.8, 4) is 0 Å². The fourth-order valence-corrected chi connectivity index (χ4v) is 1.82. The molecule has 0 N–H and O–H groups in total. The summed E-state index contributed by atoms with van der Waals surface area (Å²) in [6.07, 6.45) is 7.58. The molecule has 2 atom stereocenters. The topological polar surface area (TPSA) is 26.3 Å². The van der Waals surface area contributed by atoms with Crippen molar-refractivity contribution in [2.75, 3.05) is 0 Å². The Morgan fingerprint density at radius 2 is 2.17 bits per heavy atom. The SMILES string of the molecule is CC1C=CC=CC1(C)OC(=O)c1cccc(F)c1. The van der Waals surface area contributed by atoms with Crippen LogP contribution in [-0.4, -0.2) is 11.6 Å². The van der Waals surface area contributed by atoms with Gasteiger partial charge in [0.2, 0.25) is 0 Å². The van der Waals surface area contributed by atoms with Gasteiger partial charge in [0.1, 0.15) is 11.4 Å². The summed E-state index contributed by atoms with van der Waals surface area (Å²) >= 11 is 0. The zero-order chi connectivity index (χ0) is 13.2. The van der Waals surface area contributed by atoms with E-state index in [1.54, 1.807) is 6.07 Å². The molecule has 0 saturated carbocycles. The molecule has 1 aliphatic rings. The molecule has 1 aliphatic carbocycles. The summed E-state index contributed by atoms with van der Waals surface area (Å²) in [4.78, 5) is 12.0. The Labute approximate surface area is 106 Å². The average Bonchev–Trinajstić information content (AvgIpc) is 2.33. The first kappa shape index (κ1) is 12.6. The Morgan fingerprint density at radius 1 is 1.39 bits per heavy atom. The molecule has 0 radical (unpaired) electrons. The zero-order valence-electron chi connectivity index (χ0n) is 10.4. The van der Waals surface area contributed by atoms with Crippen molar-refractivity contribution >= 4 is 5.97 Å². The van der Waals surface area contributed by atoms with Crippen molar-refractivity contribution in [3.05, 3.63) is 60.0 Å². The van der Waals surface area contributed by atoms with E-state index in [4.69, 9.17) is 4.74 Å². The summed E-state index contributed by atoms with van der Waals surface area (Å²) in [5, 5.41) is 0. The highest BCUT2D eigenvalue weighted by Crippen LogP contribution is 2.28. The van der Waals surface area contributed by atoms with Crippen LogP contribution >= 0.6 is 0 Å². The van der Waals surface area contributed by atoms with Crippen LogP contribution in [0.3, 0.4) is 0 Å². The smallest absolute Gasteiger partial charge is 0.339 e. The molecule has 1 aromatic carbocycles. The van der Waals surface area contributed by atoms with Gasteiger partial charge < -0.3 is 4.74 Å². The number of esters is 1. The van der Waals surface area contributed by atoms with Crippen LogP contribution in [0.25, 0.3) is 0 Å². The maximum absolute atomic E-state index is 13.0. The van der Waals surface area contributed by atoms with Crippen LogP contribution in [0.1, 0.15) is 24.2 Å². The second kappa shape index (κ2) is 4.77. The van der Waals surface area contributed by atoms with Crippen LogP contribution in [0.5, 0.6) is 0 Å². The van der Waals surface area contributed by atoms with Gasteiger partial charge in [0, 0.05) is 5.92 Å². The van der Waals surface area contributed by atoms with E-state index < -0.39 is 17.4 Å². The highest BCUT2D eigenvalue weighted by molar-refractivity contribution is 5.89. The Bertz CT molecular complexity index is 519. The number of allylic oxidation sites excluding steroid dienone is 2. The highest BCUT2D eigenvalue weighted by atomic mass is 19.1. The number of rotatable bonds is 2. The number of carbonyl (C=O) groups is 1. The zero-order valence-corrected chi connectivity index (χ0v) is 10.4. The van der Waals surface area contributed by atoms with E-state index in [0.717, 1.165) is 0 Å². The molecule has 0 aromatic heterocycles. The van der Waals surface area contributed by atoms with Crippen LogP contribution in [0.15, 0.2) is 48.6 Å². The third kappa shape index (κ3) is 2.50. The molecule has 94 valence electrons. The Balaban J connectivity index is 2.17. The molecule has 2 rings (SSSR count). The lowest BCUT2D eigenvalue weighted by Gasteiger charge is -2.32. The first-order valence-corrected chi connectivity index (χ1v) is 5.86. The Hall–Kier alpha value is -1.90. The first-order chi connectivity index (χ1) is 8.51. The van der Waals surface area contributed by atoms with E-state index in [9.17, 15) is 9.18 Å². The fraction of sp³-hybridized carbons (Fsp3) is 0.267. The van der Waals surface area contributed by atoms with Gasteiger partial charge in [-0.15, -0.1) is 0 Å². The molecule has 3 heteroatoms. The maximum Gasteiger partial charge on any atom is 0.339 e. The lowest BCUT2D eigenvalue weighted by Crippen LogP contribution is -2.36. The lowest BCUT2D eigenvalue weighted by molar-refractivity contribution is -0.00305. The van der Waals surface area contributed by atoms with E-state index in [1.165, 1.54) is 18.2 Å². The molecule has 2 unspecified atom stereocenters. The average molecular weight is 246 g/mol. The molecular weight excluding hydrogens is 231 g/mol. The van der Waals surface area contributed by atoms with Crippen molar-refractivity contribution in [1.82, 2.24) is 0 Å². The van der Waals surface area contributed by atoms with Crippen LogP contribution in [0.4, 0.5) is 4.39 Å². The Kier molecular flexibility index (Phi) is 3.32. The van der Waals surface area contributed by atoms with Gasteiger partial charge in [-0.05, 0) is 31.2 Å². The summed E-state index contributed by atoms with van der Waals surface area (Å²) in [5.41, 5.74) is -0.454. The third-order valence-electron chi connectivity index (χ3n) is 3.22. The standard InChI is InChI=1S/C15H15FO2/c1-11-6-3-4-9-15(11,2)18-14(17)12-7-5-8-13(16)10-12/h3-11H,1-2H3. The van der Waals surface area contributed by atoms with Gasteiger partial charge in [0.15, 0.2) is 0 Å². The minimum atomic E-state index is -0.682. The predicted molar refractivity (Wildman–Crippen MR) is 67.7 cm³/mol. The Morgan fingerprint density at radius 3 is 2.83 bits per heavy atom. The quantitative estimate of drug-likeness (QED) is 0.746. The molecule has 0 bridgehead atoms. The van der Waals surface area contributed by atoms with Gasteiger partial charge in [-0.1, -0.05) is 31.2 Å². The minimum absolute atomic E-state index is 0.0833. The van der Waals surface area contributed by atoms with Crippen LogP contribution in [0, 0.1) is 11.7 Å². The number of halogens is 1. The number of hydrogen-bond acceptors (Lipinski definition) is 2. The minimum Gasteiger partial charge on any atom is -0.451 e. The molecule has 0 saturated heterocycles. The molecule has 0 spiro atoms. The summed E-state index contributed by atoms with van der Waals surface area (Å²) in [7, 11) is 0. The number of hydrogen-bond donors (Lipinski definition) is 0. The largest absolute Gasteiger partial charge is 0.451 e. The van der Waals surface area contributed by atoms with E-state index >= 15 is 0 Å². The number of carbonyl (C=O) groups excluding carboxylic acids is 1. The highest BCUT2D eigenvalue weighted by Gasteiger charge is 2.32. The normalized spacial score (nSPS) is 26.1. The van der Waals surface area contributed by atoms with Crippen molar-refractivity contribution in [2.45, 2.75) is 19.4 Å². The fourth-order valence-electron chi connectivity index (χ4n) is 1.82. The van der Waals surface area contributed by atoms with Gasteiger partial charge >= 0.3 is 5.97 Å². The van der Waals surface area contributed by atoms with Crippen LogP contribution < -0.4 is 0 Å². The van der Waals surface area contributed by atoms with Crippen LogP contribution in [-0.2, 0) is 4.74 Å². The van der Waals surface area contributed by atoms with E-state index in [-0.39, 0.29) is 11.5 Å². The van der Waals surface area contributed by atoms with Crippen LogP contribution in [0.2, 0.25) is 0 Å². The summed E-state index contributed by atoms with van der Waals surface area (Å²) in [6, 6.07) is 5.51. The summed E-state index contributed by atoms with van der Waals surface area (Å²) < 4.78 is 18.5. The molecule has 1 aromatic rings. The number of benzene rings is 1. The van der Waals surface area contributed by atoms with Gasteiger partial charge in [-0.2, -0.15) is 0 Å². The monoisotopic (exact) mass is 246 g/mol. The van der Waals surface area contributed by atoms with Crippen molar-refractivity contribution < 1.29 is 13.9 Å². The number of ether oxygens (including phenoxy) is 1. The summed E-state index contributed by atoms with van der Waals surface area (Å²) in [6.45, 7) is 3.81. The summed E-state index contributed by atoms with van der Waals surface area (Å²) in [5.74, 6) is -0.870. The van der Waals surface area contributed by atoms with E-state index in [2.05, 4.69) is 0 Å². The van der Waals surface area contributed by atoms with E-state index in [0.29, 0.717) is 0 Å². The van der Waals surface area contributed by atoms with Gasteiger partial charge in [-0.3, -0.25) is 0 Å². The third-order valence-corrected chi connectivity index (χ3v) is 3.22. The molecule has 0 aliphatic heterocycles. The van der Waals surface area contributed by atoms with Crippen molar-refractivity contribution in [1.29, 1.82) is 0 Å². The van der Waals surface area contributed by atoms with Crippen molar-refractivity contribution in [3.63, 3.8) is 0 Å². The predicted octanol–water partition coefficient (Wildman–Crippen LogP) is 3.50. The van der Waals surface area contributed by atoms with E-state index in [1.807, 2.05) is 38.2 Å². The van der Waals surface area contributed by atoms with Crippen molar-refractivity contribution in [2.24, 2.45) is 5.92 Å². The molecular formula is C15H15FO2. The molecule has 0 heterocycles. The molecule has 0 amide bonds. The second-order valence-corrected chi connectivity index (χ2v) is 4.62. The van der Waals surface area contributed by atoms with Gasteiger partial charge in [0.05, 0.1) is 5.56 Å². The molecule has 18 heavy (non-hydrogen) atoms. The van der Waals surface area contributed by atoms with Gasteiger partial charge in [-0.25, -0.2) is 9.18 Å². The molecule has 0 fully saturated rings. The first-order valence-electron chi connectivity index (χ1n) is 5.86. The lowest BCUT2D eigenvalue weighted by atomic mass is 9.87. The second-order valence-electron chi connectivity index (χ2n) is 4.62. The molecule has 2 nitrogen and oxygen atoms in total.